The molecule has 1 aliphatic heterocycles. The third-order valence-electron chi connectivity index (χ3n) is 3.18. The van der Waals surface area contributed by atoms with Gasteiger partial charge in [-0.2, -0.15) is 11.8 Å². The second-order valence-corrected chi connectivity index (χ2v) is 6.64. The van der Waals surface area contributed by atoms with Crippen molar-refractivity contribution in [3.8, 4) is 0 Å². The van der Waals surface area contributed by atoms with E-state index in [4.69, 9.17) is 4.74 Å². The maximum Gasteiger partial charge on any atom is 0.191 e. The molecule has 0 bridgehead atoms. The van der Waals surface area contributed by atoms with E-state index in [1.54, 1.807) is 18.9 Å². The zero-order valence-corrected chi connectivity index (χ0v) is 16.0. The minimum absolute atomic E-state index is 0. The standard InChI is InChI=1S/C13H27N3O2S.HI/c1-5-14-11(15-8-12(2,3)18-4)16-9-13(17)6-7-19-10-13;/h17H,5-10H2,1-4H3,(H2,14,15,16);1H. The molecule has 1 unspecified atom stereocenters. The number of hydrogen-bond acceptors (Lipinski definition) is 4. The molecule has 0 amide bonds. The van der Waals surface area contributed by atoms with Crippen molar-refractivity contribution in [2.75, 3.05) is 38.2 Å². The van der Waals surface area contributed by atoms with Crippen LogP contribution in [0, 0.1) is 0 Å². The second-order valence-electron chi connectivity index (χ2n) is 5.54. The number of nitrogens with one attached hydrogen (secondary N) is 2. The molecule has 1 fully saturated rings. The van der Waals surface area contributed by atoms with Crippen LogP contribution >= 0.6 is 35.7 Å². The van der Waals surface area contributed by atoms with Gasteiger partial charge in [-0.15, -0.1) is 24.0 Å². The van der Waals surface area contributed by atoms with Crippen LogP contribution in [0.2, 0.25) is 0 Å². The highest BCUT2D eigenvalue weighted by molar-refractivity contribution is 14.0. The van der Waals surface area contributed by atoms with E-state index in [9.17, 15) is 5.11 Å². The Balaban J connectivity index is 0.00000361. The van der Waals surface area contributed by atoms with Crippen molar-refractivity contribution in [3.63, 3.8) is 0 Å². The van der Waals surface area contributed by atoms with Crippen LogP contribution in [0.15, 0.2) is 4.99 Å². The van der Waals surface area contributed by atoms with Crippen molar-refractivity contribution < 1.29 is 9.84 Å². The van der Waals surface area contributed by atoms with Crippen LogP contribution in [0.5, 0.6) is 0 Å². The zero-order chi connectivity index (χ0) is 14.4. The fraction of sp³-hybridized carbons (Fsp3) is 0.923. The summed E-state index contributed by atoms with van der Waals surface area (Å²) < 4.78 is 5.35. The minimum atomic E-state index is -0.600. The third-order valence-corrected chi connectivity index (χ3v) is 4.42. The van der Waals surface area contributed by atoms with Gasteiger partial charge in [-0.05, 0) is 32.9 Å². The van der Waals surface area contributed by atoms with E-state index < -0.39 is 5.60 Å². The van der Waals surface area contributed by atoms with Crippen LogP contribution in [0.25, 0.3) is 0 Å². The molecule has 7 heteroatoms. The topological polar surface area (TPSA) is 65.9 Å². The lowest BCUT2D eigenvalue weighted by Gasteiger charge is -2.24. The van der Waals surface area contributed by atoms with E-state index in [-0.39, 0.29) is 29.6 Å². The fourth-order valence-corrected chi connectivity index (χ4v) is 2.95. The van der Waals surface area contributed by atoms with Gasteiger partial charge in [0.1, 0.15) is 0 Å². The lowest BCUT2D eigenvalue weighted by atomic mass is 10.0. The van der Waals surface area contributed by atoms with E-state index in [1.165, 1.54) is 0 Å². The lowest BCUT2D eigenvalue weighted by molar-refractivity contribution is 0.0310. The van der Waals surface area contributed by atoms with Crippen LogP contribution < -0.4 is 10.6 Å². The lowest BCUT2D eigenvalue weighted by Crippen LogP contribution is -2.47. The average molecular weight is 417 g/mol. The van der Waals surface area contributed by atoms with E-state index >= 15 is 0 Å². The Morgan fingerprint density at radius 2 is 2.15 bits per heavy atom. The Kier molecular flexibility index (Phi) is 9.45. The number of guanidine groups is 1. The molecule has 0 aromatic rings. The average Bonchev–Trinajstić information content (AvgIpc) is 2.80. The number of hydrogen-bond donors (Lipinski definition) is 3. The molecule has 0 aliphatic carbocycles. The number of nitrogens with zero attached hydrogens (tertiary/aromatic N) is 1. The first-order valence-electron chi connectivity index (χ1n) is 6.78. The van der Waals surface area contributed by atoms with E-state index in [0.717, 1.165) is 30.4 Å². The van der Waals surface area contributed by atoms with Gasteiger partial charge in [-0.25, -0.2) is 0 Å². The first-order chi connectivity index (χ1) is 8.91. The SMILES string of the molecule is CCNC(=NCC(C)(C)OC)NCC1(O)CCSC1.I. The number of thioether (sulfide) groups is 1. The number of aliphatic imine (C=N–C) groups is 1. The highest BCUT2D eigenvalue weighted by atomic mass is 127. The number of halogens is 1. The number of ether oxygens (including phenoxy) is 1. The van der Waals surface area contributed by atoms with Gasteiger partial charge in [-0.3, -0.25) is 4.99 Å². The van der Waals surface area contributed by atoms with Crippen LogP contribution in [0.4, 0.5) is 0 Å². The molecule has 0 spiro atoms. The van der Waals surface area contributed by atoms with Crippen molar-refractivity contribution in [2.45, 2.75) is 38.4 Å². The largest absolute Gasteiger partial charge is 0.387 e. The zero-order valence-electron chi connectivity index (χ0n) is 12.9. The Bertz CT molecular complexity index is 308. The van der Waals surface area contributed by atoms with E-state index in [1.807, 2.05) is 20.8 Å². The summed E-state index contributed by atoms with van der Waals surface area (Å²) in [6.07, 6.45) is 0.841. The van der Waals surface area contributed by atoms with Gasteiger partial charge in [0.05, 0.1) is 17.7 Å². The first-order valence-corrected chi connectivity index (χ1v) is 7.94. The summed E-state index contributed by atoms with van der Waals surface area (Å²) in [6, 6.07) is 0. The molecule has 0 radical (unpaired) electrons. The predicted molar refractivity (Wildman–Crippen MR) is 97.4 cm³/mol. The number of methoxy groups -OCH3 is 1. The van der Waals surface area contributed by atoms with Crippen molar-refractivity contribution in [2.24, 2.45) is 4.99 Å². The smallest absolute Gasteiger partial charge is 0.191 e. The Morgan fingerprint density at radius 1 is 1.45 bits per heavy atom. The highest BCUT2D eigenvalue weighted by Crippen LogP contribution is 2.26. The van der Waals surface area contributed by atoms with Crippen LogP contribution in [0.1, 0.15) is 27.2 Å². The maximum atomic E-state index is 10.3. The van der Waals surface area contributed by atoms with Gasteiger partial charge in [0.15, 0.2) is 5.96 Å². The van der Waals surface area contributed by atoms with Gasteiger partial charge >= 0.3 is 0 Å². The molecule has 1 heterocycles. The summed E-state index contributed by atoms with van der Waals surface area (Å²) in [7, 11) is 1.69. The monoisotopic (exact) mass is 417 g/mol. The molecule has 20 heavy (non-hydrogen) atoms. The summed E-state index contributed by atoms with van der Waals surface area (Å²) in [5.41, 5.74) is -0.875. The van der Waals surface area contributed by atoms with Crippen LogP contribution in [0.3, 0.4) is 0 Å². The van der Waals surface area contributed by atoms with E-state index in [0.29, 0.717) is 13.1 Å². The summed E-state index contributed by atoms with van der Waals surface area (Å²) in [5, 5.41) is 16.7. The second kappa shape index (κ2) is 9.32. The van der Waals surface area contributed by atoms with Gasteiger partial charge in [0, 0.05) is 26.0 Å². The van der Waals surface area contributed by atoms with Crippen molar-refractivity contribution in [1.29, 1.82) is 0 Å². The summed E-state index contributed by atoms with van der Waals surface area (Å²) in [5.74, 6) is 2.56. The predicted octanol–water partition coefficient (Wildman–Crippen LogP) is 1.45. The fourth-order valence-electron chi connectivity index (χ4n) is 1.66. The minimum Gasteiger partial charge on any atom is -0.387 e. The first kappa shape index (κ1) is 20.3. The van der Waals surface area contributed by atoms with Crippen molar-refractivity contribution >= 4 is 41.7 Å². The number of aliphatic hydroxyl groups is 1. The molecular weight excluding hydrogens is 389 g/mol. The Hall–Kier alpha value is 0.270. The molecule has 1 atom stereocenters. The summed E-state index contributed by atoms with van der Waals surface area (Å²) in [4.78, 5) is 4.50. The molecule has 1 aliphatic rings. The van der Waals surface area contributed by atoms with Gasteiger partial charge in [0.25, 0.3) is 0 Å². The number of rotatable bonds is 6. The van der Waals surface area contributed by atoms with Crippen LogP contribution in [-0.4, -0.2) is 60.5 Å². The molecule has 0 aromatic carbocycles. The van der Waals surface area contributed by atoms with Gasteiger partial charge in [-0.1, -0.05) is 0 Å². The van der Waals surface area contributed by atoms with Crippen molar-refractivity contribution in [1.82, 2.24) is 10.6 Å². The van der Waals surface area contributed by atoms with Gasteiger partial charge < -0.3 is 20.5 Å². The molecule has 1 saturated heterocycles. The Morgan fingerprint density at radius 3 is 2.65 bits per heavy atom. The summed E-state index contributed by atoms with van der Waals surface area (Å²) >= 11 is 1.80. The molecule has 0 saturated carbocycles. The third kappa shape index (κ3) is 7.33. The highest BCUT2D eigenvalue weighted by Gasteiger charge is 2.31. The quantitative estimate of drug-likeness (QED) is 0.347. The molecule has 3 N–H and O–H groups in total. The maximum absolute atomic E-state index is 10.3. The van der Waals surface area contributed by atoms with Crippen LogP contribution in [-0.2, 0) is 4.74 Å². The molecule has 5 nitrogen and oxygen atoms in total. The van der Waals surface area contributed by atoms with Gasteiger partial charge in [0.2, 0.25) is 0 Å². The molecular formula is C13H28IN3O2S. The Labute approximate surface area is 143 Å². The molecule has 1 rings (SSSR count). The molecule has 0 aromatic heterocycles. The normalized spacial score (nSPS) is 23.4. The van der Waals surface area contributed by atoms with Crippen molar-refractivity contribution in [3.05, 3.63) is 0 Å². The van der Waals surface area contributed by atoms with E-state index in [2.05, 4.69) is 15.6 Å². The molecule has 120 valence electrons. The summed E-state index contributed by atoms with van der Waals surface area (Å²) in [6.45, 7) is 7.94.